The zero-order valence-corrected chi connectivity index (χ0v) is 12.1. The molecule has 0 saturated carbocycles. The van der Waals surface area contributed by atoms with Crippen LogP contribution in [0.3, 0.4) is 0 Å². The predicted molar refractivity (Wildman–Crippen MR) is 74.5 cm³/mol. The van der Waals surface area contributed by atoms with Gasteiger partial charge >= 0.3 is 0 Å². The van der Waals surface area contributed by atoms with Gasteiger partial charge in [-0.3, -0.25) is 14.5 Å². The molecule has 1 unspecified atom stereocenters. The van der Waals surface area contributed by atoms with Gasteiger partial charge in [0.15, 0.2) is 0 Å². The molecule has 2 aromatic rings. The number of anilines is 1. The van der Waals surface area contributed by atoms with Crippen molar-refractivity contribution in [3.05, 3.63) is 18.1 Å². The smallest absolute Gasteiger partial charge is 0.254 e. The van der Waals surface area contributed by atoms with E-state index < -0.39 is 6.04 Å². The van der Waals surface area contributed by atoms with Gasteiger partial charge in [0.2, 0.25) is 5.91 Å². The van der Waals surface area contributed by atoms with E-state index in [4.69, 9.17) is 0 Å². The molecule has 0 radical (unpaired) electrons. The summed E-state index contributed by atoms with van der Waals surface area (Å²) in [7, 11) is 0. The first-order valence-electron chi connectivity index (χ1n) is 6.77. The molecule has 1 aliphatic heterocycles. The van der Waals surface area contributed by atoms with Crippen molar-refractivity contribution in [2.45, 2.75) is 39.3 Å². The van der Waals surface area contributed by atoms with Gasteiger partial charge in [-0.25, -0.2) is 4.98 Å². The highest BCUT2D eigenvalue weighted by atomic mass is 16.2. The Hall–Kier alpha value is -2.51. The maximum atomic E-state index is 12.3. The number of aromatic nitrogens is 4. The van der Waals surface area contributed by atoms with E-state index in [-0.39, 0.29) is 24.3 Å². The minimum atomic E-state index is -0.575. The summed E-state index contributed by atoms with van der Waals surface area (Å²) < 4.78 is 1.52. The number of hydrogen-bond donors (Lipinski definition) is 1. The molecule has 1 atom stereocenters. The molecule has 0 bridgehead atoms. The number of aryl methyl sites for hydroxylation is 1. The van der Waals surface area contributed by atoms with Crippen LogP contribution in [-0.4, -0.2) is 48.4 Å². The largest absolute Gasteiger partial charge is 0.358 e. The molecule has 0 aliphatic carbocycles. The Balaban J connectivity index is 1.91. The highest BCUT2D eigenvalue weighted by Crippen LogP contribution is 2.20. The number of likely N-dealkylation sites (tertiary alicyclic amines) is 1. The van der Waals surface area contributed by atoms with E-state index >= 15 is 0 Å². The van der Waals surface area contributed by atoms with Crippen LogP contribution in [0.1, 0.15) is 26.0 Å². The lowest BCUT2D eigenvalue weighted by Gasteiger charge is -2.19. The van der Waals surface area contributed by atoms with Crippen LogP contribution in [0.25, 0.3) is 5.78 Å². The van der Waals surface area contributed by atoms with Crippen molar-refractivity contribution in [3.63, 3.8) is 0 Å². The Morgan fingerprint density at radius 2 is 2.14 bits per heavy atom. The lowest BCUT2D eigenvalue weighted by molar-refractivity contribution is -0.140. The molecule has 2 aromatic heterocycles. The number of nitrogens with one attached hydrogen (secondary N) is 1. The lowest BCUT2D eigenvalue weighted by atomic mass is 10.2. The minimum absolute atomic E-state index is 0.137. The van der Waals surface area contributed by atoms with Crippen molar-refractivity contribution in [2.75, 3.05) is 5.32 Å². The minimum Gasteiger partial charge on any atom is -0.358 e. The van der Waals surface area contributed by atoms with Crippen LogP contribution in [0.4, 0.5) is 5.82 Å². The van der Waals surface area contributed by atoms with E-state index in [0.717, 1.165) is 5.69 Å². The normalized spacial score (nSPS) is 19.0. The molecule has 8 heteroatoms. The van der Waals surface area contributed by atoms with E-state index in [0.29, 0.717) is 11.6 Å². The zero-order valence-electron chi connectivity index (χ0n) is 12.1. The molecule has 21 heavy (non-hydrogen) atoms. The van der Waals surface area contributed by atoms with Crippen LogP contribution >= 0.6 is 0 Å². The molecule has 1 aliphatic rings. The van der Waals surface area contributed by atoms with Gasteiger partial charge < -0.3 is 5.32 Å². The van der Waals surface area contributed by atoms with Crippen molar-refractivity contribution in [3.8, 4) is 0 Å². The molecule has 3 rings (SSSR count). The lowest BCUT2D eigenvalue weighted by Crippen LogP contribution is -2.39. The predicted octanol–water partition coefficient (Wildman–Crippen LogP) is 0.381. The molecule has 3 heterocycles. The number of amides is 2. The van der Waals surface area contributed by atoms with E-state index in [1.54, 1.807) is 6.07 Å². The molecule has 0 aromatic carbocycles. The summed E-state index contributed by atoms with van der Waals surface area (Å²) in [6.07, 6.45) is 1.55. The Kier molecular flexibility index (Phi) is 3.08. The first-order chi connectivity index (χ1) is 9.97. The zero-order chi connectivity index (χ0) is 15.1. The van der Waals surface area contributed by atoms with Crippen molar-refractivity contribution in [1.29, 1.82) is 0 Å². The number of carbonyl (C=O) groups excluding carboxylic acids is 2. The van der Waals surface area contributed by atoms with Crippen LogP contribution in [0, 0.1) is 6.92 Å². The van der Waals surface area contributed by atoms with Gasteiger partial charge in [0.05, 0.1) is 6.42 Å². The molecular formula is C13H16N6O2. The third-order valence-corrected chi connectivity index (χ3v) is 3.40. The van der Waals surface area contributed by atoms with Gasteiger partial charge in [0, 0.05) is 17.8 Å². The van der Waals surface area contributed by atoms with Crippen molar-refractivity contribution in [2.24, 2.45) is 0 Å². The number of nitrogens with zero attached hydrogens (tertiary/aromatic N) is 5. The summed E-state index contributed by atoms with van der Waals surface area (Å²) in [6.45, 7) is 5.48. The first-order valence-corrected chi connectivity index (χ1v) is 6.77. The van der Waals surface area contributed by atoms with Gasteiger partial charge in [-0.05, 0) is 20.8 Å². The van der Waals surface area contributed by atoms with Gasteiger partial charge in [-0.1, -0.05) is 0 Å². The maximum absolute atomic E-state index is 12.3. The fourth-order valence-corrected chi connectivity index (χ4v) is 2.52. The summed E-state index contributed by atoms with van der Waals surface area (Å²) in [6, 6.07) is 1.06. The number of rotatable bonds is 3. The quantitative estimate of drug-likeness (QED) is 0.821. The molecule has 1 fully saturated rings. The molecule has 8 nitrogen and oxygen atoms in total. The van der Waals surface area contributed by atoms with Gasteiger partial charge in [0.1, 0.15) is 18.2 Å². The molecule has 2 amide bonds. The average Bonchev–Trinajstić information content (AvgIpc) is 2.94. The van der Waals surface area contributed by atoms with Crippen LogP contribution < -0.4 is 5.32 Å². The monoisotopic (exact) mass is 288 g/mol. The number of imide groups is 1. The van der Waals surface area contributed by atoms with Crippen molar-refractivity contribution < 1.29 is 9.59 Å². The van der Waals surface area contributed by atoms with E-state index in [9.17, 15) is 9.59 Å². The van der Waals surface area contributed by atoms with E-state index in [1.807, 2.05) is 20.8 Å². The fourth-order valence-electron chi connectivity index (χ4n) is 2.52. The standard InChI is InChI=1S/C13H16N6O2/c1-7(2)18-11(20)5-9(12(18)21)17-10-4-8(3)16-13-14-6-15-19(10)13/h4,6-7,9,17H,5H2,1-3H3. The Morgan fingerprint density at radius 1 is 1.38 bits per heavy atom. The van der Waals surface area contributed by atoms with Gasteiger partial charge in [-0.2, -0.15) is 14.6 Å². The Bertz CT molecular complexity index is 723. The van der Waals surface area contributed by atoms with Crippen LogP contribution in [0.2, 0.25) is 0 Å². The van der Waals surface area contributed by atoms with Crippen LogP contribution in [0.5, 0.6) is 0 Å². The summed E-state index contributed by atoms with van der Waals surface area (Å²) in [5, 5.41) is 7.16. The second kappa shape index (κ2) is 4.80. The molecular weight excluding hydrogens is 272 g/mol. The fraction of sp³-hybridized carbons (Fsp3) is 0.462. The molecule has 1 saturated heterocycles. The summed E-state index contributed by atoms with van der Waals surface area (Å²) in [5.74, 6) is 0.688. The van der Waals surface area contributed by atoms with Crippen LogP contribution in [-0.2, 0) is 9.59 Å². The summed E-state index contributed by atoms with van der Waals surface area (Å²) in [5.41, 5.74) is 0.760. The third-order valence-electron chi connectivity index (χ3n) is 3.40. The van der Waals surface area contributed by atoms with Crippen molar-refractivity contribution >= 4 is 23.4 Å². The first kappa shape index (κ1) is 13.5. The Labute approximate surface area is 121 Å². The van der Waals surface area contributed by atoms with Gasteiger partial charge in [-0.15, -0.1) is 0 Å². The second-order valence-corrected chi connectivity index (χ2v) is 5.35. The van der Waals surface area contributed by atoms with Crippen molar-refractivity contribution in [1.82, 2.24) is 24.5 Å². The molecule has 1 N–H and O–H groups in total. The summed E-state index contributed by atoms with van der Waals surface area (Å²) >= 11 is 0. The number of fused-ring (bicyclic) bond motifs is 1. The number of carbonyl (C=O) groups is 2. The molecule has 0 spiro atoms. The van der Waals surface area contributed by atoms with Crippen LogP contribution in [0.15, 0.2) is 12.4 Å². The maximum Gasteiger partial charge on any atom is 0.254 e. The average molecular weight is 288 g/mol. The third kappa shape index (κ3) is 2.22. The van der Waals surface area contributed by atoms with E-state index in [2.05, 4.69) is 20.4 Å². The Morgan fingerprint density at radius 3 is 2.81 bits per heavy atom. The highest BCUT2D eigenvalue weighted by molar-refractivity contribution is 6.07. The SMILES string of the molecule is Cc1cc(NC2CC(=O)N(C(C)C)C2=O)n2ncnc2n1. The number of hydrogen-bond acceptors (Lipinski definition) is 6. The van der Waals surface area contributed by atoms with Gasteiger partial charge in [0.25, 0.3) is 11.7 Å². The second-order valence-electron chi connectivity index (χ2n) is 5.35. The molecule has 110 valence electrons. The summed E-state index contributed by atoms with van der Waals surface area (Å²) in [4.78, 5) is 33.8. The highest BCUT2D eigenvalue weighted by Gasteiger charge is 2.40. The van der Waals surface area contributed by atoms with E-state index in [1.165, 1.54) is 15.7 Å². The topological polar surface area (TPSA) is 92.5 Å².